The third-order valence-corrected chi connectivity index (χ3v) is 2.09. The summed E-state index contributed by atoms with van der Waals surface area (Å²) in [5.41, 5.74) is 0.890. The van der Waals surface area contributed by atoms with Crippen molar-refractivity contribution in [3.05, 3.63) is 61.4 Å². The zero-order valence-electron chi connectivity index (χ0n) is 8.84. The molecule has 0 spiro atoms. The molecule has 1 unspecified atom stereocenters. The molecular formula is C13H17NO. The molecule has 15 heavy (non-hydrogen) atoms. The van der Waals surface area contributed by atoms with Gasteiger partial charge in [0.25, 0.3) is 0 Å². The predicted octanol–water partition coefficient (Wildman–Crippen LogP) is 2.03. The van der Waals surface area contributed by atoms with Crippen LogP contribution in [0.15, 0.2) is 61.4 Å². The average molecular weight is 203 g/mol. The van der Waals surface area contributed by atoms with Crippen molar-refractivity contribution in [1.29, 1.82) is 0 Å². The Bertz CT molecular complexity index is 302. The van der Waals surface area contributed by atoms with Crippen LogP contribution < -0.4 is 0 Å². The third-order valence-electron chi connectivity index (χ3n) is 2.09. The van der Waals surface area contributed by atoms with Crippen LogP contribution in [0.5, 0.6) is 0 Å². The first kappa shape index (κ1) is 11.5. The van der Waals surface area contributed by atoms with Crippen LogP contribution >= 0.6 is 0 Å². The second-order valence-corrected chi connectivity index (χ2v) is 3.35. The average Bonchev–Trinajstić information content (AvgIpc) is 2.22. The highest BCUT2D eigenvalue weighted by molar-refractivity contribution is 5.34. The molecule has 1 rings (SSSR count). The summed E-state index contributed by atoms with van der Waals surface area (Å²) >= 11 is 0. The molecule has 1 N–H and O–H groups in total. The van der Waals surface area contributed by atoms with Gasteiger partial charge in [-0.25, -0.2) is 0 Å². The molecule has 2 heteroatoms. The van der Waals surface area contributed by atoms with Gasteiger partial charge in [-0.1, -0.05) is 36.5 Å². The van der Waals surface area contributed by atoms with E-state index in [9.17, 15) is 5.11 Å². The fourth-order valence-electron chi connectivity index (χ4n) is 1.39. The summed E-state index contributed by atoms with van der Waals surface area (Å²) in [5, 5.41) is 9.67. The second-order valence-electron chi connectivity index (χ2n) is 3.35. The van der Waals surface area contributed by atoms with E-state index in [4.69, 9.17) is 0 Å². The van der Waals surface area contributed by atoms with E-state index in [1.165, 1.54) is 0 Å². The Morgan fingerprint density at radius 2 is 1.93 bits per heavy atom. The lowest BCUT2D eigenvalue weighted by molar-refractivity contribution is 0.258. The van der Waals surface area contributed by atoms with Gasteiger partial charge in [-0.05, 0) is 0 Å². The van der Waals surface area contributed by atoms with Crippen molar-refractivity contribution in [2.45, 2.75) is 6.10 Å². The molecule has 0 heterocycles. The first-order valence-corrected chi connectivity index (χ1v) is 4.98. The van der Waals surface area contributed by atoms with Crippen molar-refractivity contribution in [2.75, 3.05) is 13.1 Å². The summed E-state index contributed by atoms with van der Waals surface area (Å²) in [5.74, 6) is 0. The molecular weight excluding hydrogens is 186 g/mol. The van der Waals surface area contributed by atoms with Crippen LogP contribution in [0.1, 0.15) is 0 Å². The Hall–Kier alpha value is -1.54. The van der Waals surface area contributed by atoms with Crippen LogP contribution in [0.25, 0.3) is 0 Å². The molecule has 1 aliphatic rings. The molecule has 80 valence electrons. The first-order valence-electron chi connectivity index (χ1n) is 4.98. The van der Waals surface area contributed by atoms with Crippen molar-refractivity contribution in [2.24, 2.45) is 0 Å². The van der Waals surface area contributed by atoms with Crippen molar-refractivity contribution in [1.82, 2.24) is 4.90 Å². The molecule has 0 aliphatic heterocycles. The van der Waals surface area contributed by atoms with E-state index in [1.807, 2.05) is 41.5 Å². The summed E-state index contributed by atoms with van der Waals surface area (Å²) in [4.78, 5) is 2.04. The molecule has 0 amide bonds. The maximum Gasteiger partial charge on any atom is 0.0988 e. The Balaban J connectivity index is 2.72. The minimum atomic E-state index is -0.507. The Morgan fingerprint density at radius 3 is 2.47 bits per heavy atom. The van der Waals surface area contributed by atoms with Gasteiger partial charge in [-0.3, -0.25) is 0 Å². The van der Waals surface area contributed by atoms with Gasteiger partial charge in [0.2, 0.25) is 0 Å². The quantitative estimate of drug-likeness (QED) is 0.691. The number of allylic oxidation sites excluding steroid dienone is 2. The van der Waals surface area contributed by atoms with Gasteiger partial charge in [0.15, 0.2) is 0 Å². The highest BCUT2D eigenvalue weighted by atomic mass is 16.3. The highest BCUT2D eigenvalue weighted by Gasteiger charge is 2.07. The standard InChI is InChI=1S/C13H17NO/c1-3-9-14(10-4-2)11-12-7-5-6-8-13(12)15/h3-8,11,13,15H,1-2,9-10H2. The highest BCUT2D eigenvalue weighted by Crippen LogP contribution is 2.12. The number of aliphatic hydroxyl groups excluding tert-OH is 1. The summed E-state index contributed by atoms with van der Waals surface area (Å²) in [6, 6.07) is 0. The molecule has 0 bridgehead atoms. The normalized spacial score (nSPS) is 21.7. The Kier molecular flexibility index (Phi) is 4.64. The molecule has 2 nitrogen and oxygen atoms in total. The van der Waals surface area contributed by atoms with Gasteiger partial charge in [-0.15, -0.1) is 13.2 Å². The molecule has 0 fully saturated rings. The van der Waals surface area contributed by atoms with E-state index in [2.05, 4.69) is 13.2 Å². The van der Waals surface area contributed by atoms with Crippen LogP contribution in [-0.2, 0) is 0 Å². The summed E-state index contributed by atoms with van der Waals surface area (Å²) < 4.78 is 0. The Labute approximate surface area is 91.2 Å². The number of aliphatic hydroxyl groups is 1. The van der Waals surface area contributed by atoms with E-state index in [1.54, 1.807) is 6.08 Å². The number of rotatable bonds is 5. The molecule has 0 saturated heterocycles. The molecule has 0 radical (unpaired) electrons. The predicted molar refractivity (Wildman–Crippen MR) is 64.3 cm³/mol. The van der Waals surface area contributed by atoms with Crippen LogP contribution in [0, 0.1) is 0 Å². The van der Waals surface area contributed by atoms with E-state index in [0.717, 1.165) is 18.7 Å². The lowest BCUT2D eigenvalue weighted by Gasteiger charge is -2.20. The van der Waals surface area contributed by atoms with Crippen molar-refractivity contribution < 1.29 is 5.11 Å². The molecule has 0 aromatic heterocycles. The van der Waals surface area contributed by atoms with Crippen LogP contribution in [0.3, 0.4) is 0 Å². The number of hydrogen-bond acceptors (Lipinski definition) is 2. The van der Waals surface area contributed by atoms with Gasteiger partial charge < -0.3 is 10.0 Å². The fourth-order valence-corrected chi connectivity index (χ4v) is 1.39. The van der Waals surface area contributed by atoms with Crippen LogP contribution in [0.4, 0.5) is 0 Å². The van der Waals surface area contributed by atoms with E-state index < -0.39 is 6.10 Å². The second kappa shape index (κ2) is 6.04. The first-order chi connectivity index (χ1) is 7.27. The zero-order chi connectivity index (χ0) is 11.1. The largest absolute Gasteiger partial charge is 0.384 e. The molecule has 1 aliphatic carbocycles. The SMILES string of the molecule is C=CCN(C=C1C=CC=CC1O)CC=C. The van der Waals surface area contributed by atoms with E-state index in [-0.39, 0.29) is 0 Å². The minimum Gasteiger partial charge on any atom is -0.384 e. The molecule has 0 aromatic rings. The minimum absolute atomic E-state index is 0.507. The van der Waals surface area contributed by atoms with E-state index in [0.29, 0.717) is 0 Å². The van der Waals surface area contributed by atoms with Gasteiger partial charge in [0.05, 0.1) is 6.10 Å². The topological polar surface area (TPSA) is 23.5 Å². The van der Waals surface area contributed by atoms with Gasteiger partial charge in [0, 0.05) is 24.9 Å². The van der Waals surface area contributed by atoms with E-state index >= 15 is 0 Å². The van der Waals surface area contributed by atoms with Gasteiger partial charge in [-0.2, -0.15) is 0 Å². The van der Waals surface area contributed by atoms with Crippen molar-refractivity contribution >= 4 is 0 Å². The van der Waals surface area contributed by atoms with Crippen molar-refractivity contribution in [3.8, 4) is 0 Å². The lowest BCUT2D eigenvalue weighted by Crippen LogP contribution is -2.20. The fraction of sp³-hybridized carbons (Fsp3) is 0.231. The monoisotopic (exact) mass is 203 g/mol. The summed E-state index contributed by atoms with van der Waals surface area (Å²) in [6.45, 7) is 8.89. The van der Waals surface area contributed by atoms with Crippen LogP contribution in [0.2, 0.25) is 0 Å². The summed E-state index contributed by atoms with van der Waals surface area (Å²) in [6.07, 6.45) is 12.5. The van der Waals surface area contributed by atoms with Crippen molar-refractivity contribution in [3.63, 3.8) is 0 Å². The van der Waals surface area contributed by atoms with Gasteiger partial charge in [0.1, 0.15) is 0 Å². The third kappa shape index (κ3) is 3.60. The zero-order valence-corrected chi connectivity index (χ0v) is 8.84. The molecule has 1 atom stereocenters. The molecule has 0 aromatic carbocycles. The Morgan fingerprint density at radius 1 is 1.27 bits per heavy atom. The number of hydrogen-bond donors (Lipinski definition) is 1. The maximum atomic E-state index is 9.67. The maximum absolute atomic E-state index is 9.67. The summed E-state index contributed by atoms with van der Waals surface area (Å²) in [7, 11) is 0. The van der Waals surface area contributed by atoms with Gasteiger partial charge >= 0.3 is 0 Å². The molecule has 0 saturated carbocycles. The number of nitrogens with zero attached hydrogens (tertiary/aromatic N) is 1. The van der Waals surface area contributed by atoms with Crippen LogP contribution in [-0.4, -0.2) is 29.2 Å². The smallest absolute Gasteiger partial charge is 0.0988 e. The lowest BCUT2D eigenvalue weighted by atomic mass is 10.1.